The van der Waals surface area contributed by atoms with Crippen LogP contribution < -0.4 is 0 Å². The van der Waals surface area contributed by atoms with Crippen LogP contribution in [-0.2, 0) is 43.2 Å². The molecule has 0 saturated heterocycles. The SMILES string of the molecule is C=Cc1ccc(S(=O)(=O)ON=C2C3CC4CC(C3)CC2C4)cc1.C=Cc1ccc(S(=O)(=O)ON=C2CC3CCC2C3)cc1.C=Cc1ccc(S(=O)(=O)ON=C2CCCCC2)cc1. The van der Waals surface area contributed by atoms with Crippen molar-refractivity contribution in [2.75, 3.05) is 0 Å². The zero-order chi connectivity index (χ0) is 43.9. The van der Waals surface area contributed by atoms with Gasteiger partial charge < -0.3 is 0 Å². The Labute approximate surface area is 366 Å². The molecule has 0 spiro atoms. The summed E-state index contributed by atoms with van der Waals surface area (Å²) in [6.45, 7) is 10.9. The Morgan fingerprint density at radius 2 is 0.871 bits per heavy atom. The zero-order valence-corrected chi connectivity index (χ0v) is 37.3. The number of rotatable bonds is 12. The molecule has 3 aromatic rings. The molecule has 0 aromatic heterocycles. The van der Waals surface area contributed by atoms with E-state index in [1.165, 1.54) is 55.7 Å². The van der Waals surface area contributed by atoms with E-state index < -0.39 is 30.4 Å². The van der Waals surface area contributed by atoms with Crippen LogP contribution in [0.3, 0.4) is 0 Å². The Morgan fingerprint density at radius 1 is 0.468 bits per heavy atom. The molecule has 0 N–H and O–H groups in total. The second-order valence-electron chi connectivity index (χ2n) is 17.1. The van der Waals surface area contributed by atoms with Crippen molar-refractivity contribution in [3.63, 3.8) is 0 Å². The maximum atomic E-state index is 12.3. The number of benzene rings is 3. The predicted molar refractivity (Wildman–Crippen MR) is 242 cm³/mol. The summed E-state index contributed by atoms with van der Waals surface area (Å²) in [6.07, 6.45) is 20.3. The van der Waals surface area contributed by atoms with E-state index in [4.69, 9.17) is 12.9 Å². The lowest BCUT2D eigenvalue weighted by atomic mass is 9.55. The maximum absolute atomic E-state index is 12.3. The van der Waals surface area contributed by atoms with Crippen molar-refractivity contribution in [3.8, 4) is 0 Å². The van der Waals surface area contributed by atoms with Crippen molar-refractivity contribution in [1.29, 1.82) is 0 Å². The van der Waals surface area contributed by atoms with Crippen molar-refractivity contribution >= 4 is 65.7 Å². The highest BCUT2D eigenvalue weighted by Crippen LogP contribution is 2.52. The summed E-state index contributed by atoms with van der Waals surface area (Å²) in [5.74, 6) is 3.61. The summed E-state index contributed by atoms with van der Waals surface area (Å²) in [5.41, 5.74) is 5.32. The van der Waals surface area contributed by atoms with Crippen LogP contribution in [0.1, 0.15) is 107 Å². The first kappa shape index (κ1) is 45.2. The van der Waals surface area contributed by atoms with Gasteiger partial charge in [0, 0.05) is 17.8 Å². The molecule has 12 nitrogen and oxygen atoms in total. The minimum atomic E-state index is -3.84. The molecule has 3 aromatic carbocycles. The minimum Gasteiger partial charge on any atom is -0.265 e. The summed E-state index contributed by atoms with van der Waals surface area (Å²) >= 11 is 0. The second kappa shape index (κ2) is 19.7. The van der Waals surface area contributed by atoms with Gasteiger partial charge in [0.05, 0.1) is 17.1 Å². The Kier molecular flexibility index (Phi) is 14.3. The van der Waals surface area contributed by atoms with Gasteiger partial charge in [-0.1, -0.05) is 96.3 Å². The third-order valence-corrected chi connectivity index (χ3v) is 16.2. The molecule has 0 radical (unpaired) electrons. The van der Waals surface area contributed by atoms with Gasteiger partial charge in [-0.05, 0) is 154 Å². The van der Waals surface area contributed by atoms with E-state index in [0.29, 0.717) is 23.7 Å². The number of fused-ring (bicyclic) bond motifs is 2. The van der Waals surface area contributed by atoms with Crippen LogP contribution in [0, 0.1) is 35.5 Å². The fourth-order valence-electron chi connectivity index (χ4n) is 9.74. The predicted octanol–water partition coefficient (Wildman–Crippen LogP) is 10.4. The molecule has 0 amide bonds. The smallest absolute Gasteiger partial charge is 0.265 e. The first-order valence-electron chi connectivity index (χ1n) is 21.4. The molecule has 10 rings (SSSR count). The molecule has 7 aliphatic carbocycles. The summed E-state index contributed by atoms with van der Waals surface area (Å²) in [7, 11) is -11.5. The molecule has 7 aliphatic rings. The van der Waals surface area contributed by atoms with E-state index in [2.05, 4.69) is 35.2 Å². The Morgan fingerprint density at radius 3 is 1.26 bits per heavy atom. The number of oxime groups is 3. The first-order chi connectivity index (χ1) is 29.7. The molecule has 2 atom stereocenters. The van der Waals surface area contributed by atoms with E-state index in [-0.39, 0.29) is 14.7 Å². The van der Waals surface area contributed by atoms with Crippen molar-refractivity contribution in [3.05, 3.63) is 109 Å². The molecule has 7 fully saturated rings. The molecule has 0 heterocycles. The zero-order valence-electron chi connectivity index (χ0n) is 34.9. The van der Waals surface area contributed by atoms with Crippen LogP contribution in [-0.4, -0.2) is 42.4 Å². The van der Waals surface area contributed by atoms with Gasteiger partial charge in [0.2, 0.25) is 0 Å². The molecule has 6 bridgehead atoms. The van der Waals surface area contributed by atoms with Crippen molar-refractivity contribution in [2.45, 2.75) is 105 Å². The minimum absolute atomic E-state index is 0.109. The topological polar surface area (TPSA) is 167 Å². The van der Waals surface area contributed by atoms with Crippen LogP contribution in [0.2, 0.25) is 0 Å². The van der Waals surface area contributed by atoms with E-state index in [9.17, 15) is 25.3 Å². The van der Waals surface area contributed by atoms with Gasteiger partial charge in [-0.25, -0.2) is 0 Å². The fraction of sp³-hybridized carbons (Fsp3) is 0.426. The van der Waals surface area contributed by atoms with Crippen LogP contribution in [0.25, 0.3) is 18.2 Å². The van der Waals surface area contributed by atoms with Gasteiger partial charge in [-0.15, -0.1) is 0 Å². The van der Waals surface area contributed by atoms with Gasteiger partial charge >= 0.3 is 30.4 Å². The lowest BCUT2D eigenvalue weighted by Gasteiger charge is -2.49. The molecule has 7 saturated carbocycles. The summed E-state index contributed by atoms with van der Waals surface area (Å²) in [5, 5.41) is 11.8. The average Bonchev–Trinajstić information content (AvgIpc) is 3.92. The molecular formula is C47H55N3O9S3. The number of hydrogen-bond acceptors (Lipinski definition) is 12. The standard InChI is InChI=1S/C18H21NO3S.C15H17NO3S.C14H17NO3S/c1-2-12-3-5-17(6-4-12)23(20,21)22-19-18-15-8-13-7-14(10-15)11-16(18)9-13;1-2-11-4-7-14(8-5-11)20(17,18)19-16-15-10-12-3-6-13(15)9-12;1-2-12-8-10-14(11-9-12)19(16,17)18-15-13-6-4-3-5-7-13/h2-6,13-16H,1,7-11H2;2,4-5,7-8,12-13H,1,3,6,9-10H2;2,8-11H,1,3-7H2. The Bertz CT molecular complexity index is 2490. The molecule has 15 heteroatoms. The van der Waals surface area contributed by atoms with Gasteiger partial charge in [0.25, 0.3) is 0 Å². The second-order valence-corrected chi connectivity index (χ2v) is 21.7. The monoisotopic (exact) mass is 901 g/mol. The normalized spacial score (nSPS) is 25.4. The highest BCUT2D eigenvalue weighted by Gasteiger charge is 2.47. The Balaban J connectivity index is 0.000000141. The van der Waals surface area contributed by atoms with E-state index >= 15 is 0 Å². The quantitative estimate of drug-likeness (QED) is 0.161. The van der Waals surface area contributed by atoms with E-state index in [1.807, 2.05) is 0 Å². The first-order valence-corrected chi connectivity index (χ1v) is 25.7. The third-order valence-electron chi connectivity index (χ3n) is 12.9. The van der Waals surface area contributed by atoms with Gasteiger partial charge in [-0.2, -0.15) is 25.3 Å². The molecule has 2 unspecified atom stereocenters. The van der Waals surface area contributed by atoms with Crippen LogP contribution >= 0.6 is 0 Å². The summed E-state index contributed by atoms with van der Waals surface area (Å²) < 4.78 is 87.2. The average molecular weight is 902 g/mol. The molecule has 330 valence electrons. The lowest BCUT2D eigenvalue weighted by molar-refractivity contribution is 0.104. The highest BCUT2D eigenvalue weighted by atomic mass is 32.2. The third kappa shape index (κ3) is 11.2. The number of hydrogen-bond donors (Lipinski definition) is 0. The van der Waals surface area contributed by atoms with E-state index in [0.717, 1.165) is 116 Å². The van der Waals surface area contributed by atoms with Crippen molar-refractivity contribution in [2.24, 2.45) is 51.0 Å². The van der Waals surface area contributed by atoms with Crippen LogP contribution in [0.4, 0.5) is 0 Å². The van der Waals surface area contributed by atoms with Crippen LogP contribution in [0.5, 0.6) is 0 Å². The lowest BCUT2D eigenvalue weighted by Crippen LogP contribution is -2.45. The van der Waals surface area contributed by atoms with Gasteiger partial charge in [0.15, 0.2) is 0 Å². The summed E-state index contributed by atoms with van der Waals surface area (Å²) in [4.78, 5) is 0.366. The molecule has 62 heavy (non-hydrogen) atoms. The van der Waals surface area contributed by atoms with Crippen LogP contribution in [0.15, 0.2) is 123 Å². The largest absolute Gasteiger partial charge is 0.358 e. The highest BCUT2D eigenvalue weighted by molar-refractivity contribution is 7.87. The molecule has 0 aliphatic heterocycles. The van der Waals surface area contributed by atoms with Gasteiger partial charge in [0.1, 0.15) is 14.7 Å². The Hall–Kier alpha value is -4.86. The maximum Gasteiger partial charge on any atom is 0.358 e. The van der Waals surface area contributed by atoms with Crippen molar-refractivity contribution < 1.29 is 38.1 Å². The number of nitrogens with zero attached hydrogens (tertiary/aromatic N) is 3. The fourth-order valence-corrected chi connectivity index (χ4v) is 12.0. The van der Waals surface area contributed by atoms with E-state index in [1.54, 1.807) is 54.6 Å². The van der Waals surface area contributed by atoms with Crippen molar-refractivity contribution in [1.82, 2.24) is 0 Å². The van der Waals surface area contributed by atoms with Gasteiger partial charge in [-0.3, -0.25) is 12.9 Å². The molecular weight excluding hydrogens is 847 g/mol. The summed E-state index contributed by atoms with van der Waals surface area (Å²) in [6, 6.07) is 19.2.